The number of carbonyl (C=O) groups excluding carboxylic acids is 1. The van der Waals surface area contributed by atoms with E-state index >= 15 is 0 Å². The van der Waals surface area contributed by atoms with E-state index in [-0.39, 0.29) is 19.1 Å². The van der Waals surface area contributed by atoms with Crippen LogP contribution < -0.4 is 10.1 Å². The highest BCUT2D eigenvalue weighted by Crippen LogP contribution is 2.15. The molecule has 0 aromatic heterocycles. The lowest BCUT2D eigenvalue weighted by Crippen LogP contribution is -2.20. The maximum Gasteiger partial charge on any atom is 0.262 e. The first-order valence-corrected chi connectivity index (χ1v) is 6.78. The Morgan fingerprint density at radius 3 is 2.67 bits per heavy atom. The SMILES string of the molecule is Cc1ccc(NC(=O)COc2cccc(CO)c2)cc1C. The van der Waals surface area contributed by atoms with Crippen LogP contribution in [-0.4, -0.2) is 17.6 Å². The van der Waals surface area contributed by atoms with E-state index in [1.54, 1.807) is 24.3 Å². The van der Waals surface area contributed by atoms with E-state index in [0.717, 1.165) is 16.8 Å². The summed E-state index contributed by atoms with van der Waals surface area (Å²) in [4.78, 5) is 11.9. The molecule has 0 unspecified atom stereocenters. The number of amides is 1. The molecule has 0 aliphatic rings. The van der Waals surface area contributed by atoms with Crippen LogP contribution in [0.2, 0.25) is 0 Å². The molecule has 0 saturated carbocycles. The lowest BCUT2D eigenvalue weighted by Gasteiger charge is -2.09. The largest absolute Gasteiger partial charge is 0.484 e. The third kappa shape index (κ3) is 4.33. The highest BCUT2D eigenvalue weighted by molar-refractivity contribution is 5.92. The molecule has 21 heavy (non-hydrogen) atoms. The Bertz CT molecular complexity index is 638. The number of benzene rings is 2. The zero-order valence-corrected chi connectivity index (χ0v) is 12.2. The van der Waals surface area contributed by atoms with Crippen LogP contribution in [0.1, 0.15) is 16.7 Å². The zero-order chi connectivity index (χ0) is 15.2. The van der Waals surface area contributed by atoms with E-state index in [4.69, 9.17) is 9.84 Å². The highest BCUT2D eigenvalue weighted by atomic mass is 16.5. The molecule has 4 nitrogen and oxygen atoms in total. The fourth-order valence-electron chi connectivity index (χ4n) is 1.90. The second-order valence-electron chi connectivity index (χ2n) is 4.94. The van der Waals surface area contributed by atoms with Gasteiger partial charge in [0, 0.05) is 5.69 Å². The first-order chi connectivity index (χ1) is 10.1. The number of aliphatic hydroxyl groups excluding tert-OH is 1. The van der Waals surface area contributed by atoms with Crippen molar-refractivity contribution in [1.29, 1.82) is 0 Å². The molecule has 0 aliphatic carbocycles. The number of aryl methyl sites for hydroxylation is 2. The first-order valence-electron chi connectivity index (χ1n) is 6.78. The van der Waals surface area contributed by atoms with Gasteiger partial charge in [-0.2, -0.15) is 0 Å². The van der Waals surface area contributed by atoms with Gasteiger partial charge < -0.3 is 15.2 Å². The molecule has 0 saturated heterocycles. The number of hydrogen-bond acceptors (Lipinski definition) is 3. The van der Waals surface area contributed by atoms with Crippen LogP contribution in [0.5, 0.6) is 5.75 Å². The van der Waals surface area contributed by atoms with Crippen LogP contribution in [0.25, 0.3) is 0 Å². The summed E-state index contributed by atoms with van der Waals surface area (Å²) in [5, 5.41) is 11.8. The molecule has 110 valence electrons. The molecule has 2 aromatic carbocycles. The normalized spacial score (nSPS) is 10.2. The molecule has 0 aliphatic heterocycles. The van der Waals surface area contributed by atoms with Crippen molar-refractivity contribution in [3.8, 4) is 5.75 Å². The lowest BCUT2D eigenvalue weighted by atomic mass is 10.1. The van der Waals surface area contributed by atoms with Crippen LogP contribution >= 0.6 is 0 Å². The van der Waals surface area contributed by atoms with Crippen LogP contribution in [-0.2, 0) is 11.4 Å². The topological polar surface area (TPSA) is 58.6 Å². The smallest absolute Gasteiger partial charge is 0.262 e. The van der Waals surface area contributed by atoms with Gasteiger partial charge in [0.2, 0.25) is 0 Å². The van der Waals surface area contributed by atoms with Crippen LogP contribution in [0, 0.1) is 13.8 Å². The molecule has 2 aromatic rings. The minimum absolute atomic E-state index is 0.0496. The second-order valence-corrected chi connectivity index (χ2v) is 4.94. The van der Waals surface area contributed by atoms with E-state index in [9.17, 15) is 4.79 Å². The maximum absolute atomic E-state index is 11.9. The van der Waals surface area contributed by atoms with Gasteiger partial charge in [-0.1, -0.05) is 18.2 Å². The van der Waals surface area contributed by atoms with E-state index in [1.165, 1.54) is 5.56 Å². The summed E-state index contributed by atoms with van der Waals surface area (Å²) >= 11 is 0. The predicted octanol–water partition coefficient (Wildman–Crippen LogP) is 2.81. The van der Waals surface area contributed by atoms with Gasteiger partial charge in [-0.15, -0.1) is 0 Å². The summed E-state index contributed by atoms with van der Waals surface area (Å²) in [5.41, 5.74) is 3.83. The third-order valence-electron chi connectivity index (χ3n) is 3.24. The van der Waals surface area contributed by atoms with Crippen LogP contribution in [0.15, 0.2) is 42.5 Å². The van der Waals surface area contributed by atoms with Gasteiger partial charge in [0.25, 0.3) is 5.91 Å². The Kier molecular flexibility index (Phi) is 4.95. The first kappa shape index (κ1) is 15.1. The van der Waals surface area contributed by atoms with Crippen LogP contribution in [0.4, 0.5) is 5.69 Å². The fourth-order valence-corrected chi connectivity index (χ4v) is 1.90. The average Bonchev–Trinajstić information content (AvgIpc) is 2.49. The van der Waals surface area contributed by atoms with Gasteiger partial charge in [-0.05, 0) is 54.8 Å². The molecule has 4 heteroatoms. The van der Waals surface area contributed by atoms with Gasteiger partial charge in [-0.3, -0.25) is 4.79 Å². The van der Waals surface area contributed by atoms with Gasteiger partial charge in [-0.25, -0.2) is 0 Å². The van der Waals surface area contributed by atoms with Crippen molar-refractivity contribution in [3.05, 3.63) is 59.2 Å². The van der Waals surface area contributed by atoms with Crippen molar-refractivity contribution >= 4 is 11.6 Å². The van der Waals surface area contributed by atoms with Crippen LogP contribution in [0.3, 0.4) is 0 Å². The Balaban J connectivity index is 1.91. The second kappa shape index (κ2) is 6.90. The fraction of sp³-hybridized carbons (Fsp3) is 0.235. The van der Waals surface area contributed by atoms with E-state index in [1.807, 2.05) is 32.0 Å². The Morgan fingerprint density at radius 1 is 1.14 bits per heavy atom. The molecule has 2 rings (SSSR count). The maximum atomic E-state index is 11.9. The number of hydrogen-bond donors (Lipinski definition) is 2. The molecular weight excluding hydrogens is 266 g/mol. The standard InChI is InChI=1S/C17H19NO3/c1-12-6-7-15(8-13(12)2)18-17(20)11-21-16-5-3-4-14(9-16)10-19/h3-9,19H,10-11H2,1-2H3,(H,18,20). The number of aliphatic hydroxyl groups is 1. The van der Waals surface area contributed by atoms with Crippen molar-refractivity contribution in [1.82, 2.24) is 0 Å². The van der Waals surface area contributed by atoms with E-state index in [2.05, 4.69) is 5.32 Å². The molecule has 0 atom stereocenters. The van der Waals surface area contributed by atoms with E-state index in [0.29, 0.717) is 5.75 Å². The summed E-state index contributed by atoms with van der Waals surface area (Å²) in [6.45, 7) is 3.91. The summed E-state index contributed by atoms with van der Waals surface area (Å²) in [6, 6.07) is 12.8. The molecular formula is C17H19NO3. The van der Waals surface area contributed by atoms with Crippen molar-refractivity contribution in [3.63, 3.8) is 0 Å². The number of rotatable bonds is 5. The Labute approximate surface area is 124 Å². The molecule has 0 fully saturated rings. The molecule has 0 radical (unpaired) electrons. The quantitative estimate of drug-likeness (QED) is 0.888. The molecule has 0 bridgehead atoms. The van der Waals surface area contributed by atoms with E-state index < -0.39 is 0 Å². The molecule has 1 amide bonds. The van der Waals surface area contributed by atoms with Gasteiger partial charge >= 0.3 is 0 Å². The minimum Gasteiger partial charge on any atom is -0.484 e. The molecule has 2 N–H and O–H groups in total. The Morgan fingerprint density at radius 2 is 1.95 bits per heavy atom. The zero-order valence-electron chi connectivity index (χ0n) is 12.2. The van der Waals surface area contributed by atoms with Crippen molar-refractivity contribution < 1.29 is 14.6 Å². The summed E-state index contributed by atoms with van der Waals surface area (Å²) < 4.78 is 5.41. The summed E-state index contributed by atoms with van der Waals surface area (Å²) in [6.07, 6.45) is 0. The van der Waals surface area contributed by atoms with Gasteiger partial charge in [0.05, 0.1) is 6.61 Å². The highest BCUT2D eigenvalue weighted by Gasteiger charge is 2.05. The number of carbonyl (C=O) groups is 1. The summed E-state index contributed by atoms with van der Waals surface area (Å²) in [7, 11) is 0. The van der Waals surface area contributed by atoms with Gasteiger partial charge in [0.15, 0.2) is 6.61 Å². The molecule has 0 spiro atoms. The number of anilines is 1. The van der Waals surface area contributed by atoms with Crippen molar-refractivity contribution in [2.75, 3.05) is 11.9 Å². The third-order valence-corrected chi connectivity index (χ3v) is 3.24. The number of nitrogens with one attached hydrogen (secondary N) is 1. The van der Waals surface area contributed by atoms with Crippen molar-refractivity contribution in [2.45, 2.75) is 20.5 Å². The number of ether oxygens (including phenoxy) is 1. The summed E-state index contributed by atoms with van der Waals surface area (Å²) in [5.74, 6) is 0.351. The van der Waals surface area contributed by atoms with Crippen molar-refractivity contribution in [2.24, 2.45) is 0 Å². The lowest BCUT2D eigenvalue weighted by molar-refractivity contribution is -0.118. The Hall–Kier alpha value is -2.33. The monoisotopic (exact) mass is 285 g/mol. The average molecular weight is 285 g/mol. The van der Waals surface area contributed by atoms with Gasteiger partial charge in [0.1, 0.15) is 5.75 Å². The minimum atomic E-state index is -0.215. The predicted molar refractivity (Wildman–Crippen MR) is 82.4 cm³/mol. The molecule has 0 heterocycles.